The zero-order valence-corrected chi connectivity index (χ0v) is 8.38. The van der Waals surface area contributed by atoms with Crippen molar-refractivity contribution >= 4 is 15.9 Å². The fraction of sp³-hybridized carbons (Fsp3) is 0.250. The fourth-order valence-electron chi connectivity index (χ4n) is 0.981. The number of benzene rings is 1. The number of aromatic hydroxyl groups is 1. The van der Waals surface area contributed by atoms with Crippen molar-refractivity contribution in [3.8, 4) is 5.75 Å². The molecule has 0 radical (unpaired) electrons. The van der Waals surface area contributed by atoms with Gasteiger partial charge in [0.15, 0.2) is 0 Å². The minimum atomic E-state index is -0.523. The van der Waals surface area contributed by atoms with Gasteiger partial charge in [0, 0.05) is 18.2 Å². The maximum Gasteiger partial charge on any atom is 0.141 e. The number of hydrogen-bond donors (Lipinski definition) is 3. The van der Waals surface area contributed by atoms with Gasteiger partial charge in [0.1, 0.15) is 11.6 Å². The molecule has 0 bridgehead atoms. The summed E-state index contributed by atoms with van der Waals surface area (Å²) in [4.78, 5) is 0. The summed E-state index contributed by atoms with van der Waals surface area (Å²) in [6.07, 6.45) is 0. The molecule has 0 aliphatic rings. The van der Waals surface area contributed by atoms with Crippen LogP contribution in [0.1, 0.15) is 11.6 Å². The smallest absolute Gasteiger partial charge is 0.141 e. The summed E-state index contributed by atoms with van der Waals surface area (Å²) < 4.78 is 12.9. The van der Waals surface area contributed by atoms with Gasteiger partial charge in [-0.2, -0.15) is 0 Å². The standard InChI is InChI=1S/C8H10BrFN2O/c9-7-5(10)2-1-4(8(7)13)6(12)3-11/h1-2,6,13H,3,11-12H2/t6-/m0/s1. The second kappa shape index (κ2) is 4.04. The van der Waals surface area contributed by atoms with Gasteiger partial charge in [0.2, 0.25) is 0 Å². The molecule has 0 fully saturated rings. The number of rotatable bonds is 2. The molecule has 72 valence electrons. The van der Waals surface area contributed by atoms with Crippen LogP contribution in [0, 0.1) is 5.82 Å². The number of halogens is 2. The number of phenols is 1. The van der Waals surface area contributed by atoms with Crippen LogP contribution in [-0.4, -0.2) is 11.7 Å². The fourth-order valence-corrected chi connectivity index (χ4v) is 1.34. The van der Waals surface area contributed by atoms with Crippen molar-refractivity contribution in [2.24, 2.45) is 11.5 Å². The van der Waals surface area contributed by atoms with Gasteiger partial charge in [-0.05, 0) is 22.0 Å². The summed E-state index contributed by atoms with van der Waals surface area (Å²) in [5.41, 5.74) is 11.3. The second-order valence-electron chi connectivity index (χ2n) is 2.64. The van der Waals surface area contributed by atoms with E-state index in [0.29, 0.717) is 5.56 Å². The van der Waals surface area contributed by atoms with Crippen molar-refractivity contribution in [3.05, 3.63) is 28.0 Å². The molecule has 0 heterocycles. The quantitative estimate of drug-likeness (QED) is 0.738. The molecule has 0 aliphatic heterocycles. The highest BCUT2D eigenvalue weighted by atomic mass is 79.9. The molecule has 0 aromatic heterocycles. The van der Waals surface area contributed by atoms with Crippen molar-refractivity contribution in [2.45, 2.75) is 6.04 Å². The third-order valence-corrected chi connectivity index (χ3v) is 2.51. The van der Waals surface area contributed by atoms with Crippen LogP contribution < -0.4 is 11.5 Å². The monoisotopic (exact) mass is 248 g/mol. The van der Waals surface area contributed by atoms with E-state index in [2.05, 4.69) is 15.9 Å². The van der Waals surface area contributed by atoms with Crippen LogP contribution in [0.15, 0.2) is 16.6 Å². The van der Waals surface area contributed by atoms with Crippen LogP contribution in [0.4, 0.5) is 4.39 Å². The molecule has 1 aromatic rings. The molecule has 13 heavy (non-hydrogen) atoms. The molecule has 0 unspecified atom stereocenters. The van der Waals surface area contributed by atoms with Gasteiger partial charge in [0.05, 0.1) is 4.47 Å². The Balaban J connectivity index is 3.18. The minimum absolute atomic E-state index is 0.0221. The Hall–Kier alpha value is -0.650. The van der Waals surface area contributed by atoms with Crippen LogP contribution in [0.25, 0.3) is 0 Å². The summed E-state index contributed by atoms with van der Waals surface area (Å²) in [6.45, 7) is 0.200. The molecule has 5 N–H and O–H groups in total. The molecule has 1 atom stereocenters. The molecule has 0 aliphatic carbocycles. The average molecular weight is 249 g/mol. The van der Waals surface area contributed by atoms with E-state index in [1.54, 1.807) is 0 Å². The Morgan fingerprint density at radius 3 is 2.69 bits per heavy atom. The zero-order valence-electron chi connectivity index (χ0n) is 6.80. The predicted molar refractivity (Wildman–Crippen MR) is 51.7 cm³/mol. The topological polar surface area (TPSA) is 72.3 Å². The summed E-state index contributed by atoms with van der Waals surface area (Å²) in [5, 5.41) is 9.46. The van der Waals surface area contributed by atoms with Gasteiger partial charge in [-0.1, -0.05) is 6.07 Å². The first kappa shape index (κ1) is 10.4. The van der Waals surface area contributed by atoms with Crippen LogP contribution >= 0.6 is 15.9 Å². The lowest BCUT2D eigenvalue weighted by Crippen LogP contribution is -2.20. The largest absolute Gasteiger partial charge is 0.506 e. The molecule has 0 spiro atoms. The Labute approximate surface area is 83.7 Å². The van der Waals surface area contributed by atoms with E-state index in [0.717, 1.165) is 0 Å². The third-order valence-electron chi connectivity index (χ3n) is 1.75. The van der Waals surface area contributed by atoms with Gasteiger partial charge in [0.25, 0.3) is 0 Å². The molecule has 5 heteroatoms. The highest BCUT2D eigenvalue weighted by Gasteiger charge is 2.14. The maximum absolute atomic E-state index is 12.8. The van der Waals surface area contributed by atoms with Gasteiger partial charge in [-0.15, -0.1) is 0 Å². The van der Waals surface area contributed by atoms with Gasteiger partial charge >= 0.3 is 0 Å². The molecule has 0 saturated carbocycles. The summed E-state index contributed by atoms with van der Waals surface area (Å²) in [5.74, 6) is -0.705. The minimum Gasteiger partial charge on any atom is -0.506 e. The van der Waals surface area contributed by atoms with Crippen molar-refractivity contribution in [2.75, 3.05) is 6.54 Å². The van der Waals surface area contributed by atoms with Gasteiger partial charge in [-0.3, -0.25) is 0 Å². The van der Waals surface area contributed by atoms with E-state index in [4.69, 9.17) is 11.5 Å². The molecule has 3 nitrogen and oxygen atoms in total. The van der Waals surface area contributed by atoms with E-state index in [1.165, 1.54) is 12.1 Å². The Morgan fingerprint density at radius 1 is 1.54 bits per heavy atom. The Morgan fingerprint density at radius 2 is 2.15 bits per heavy atom. The zero-order chi connectivity index (χ0) is 10.0. The van der Waals surface area contributed by atoms with Crippen molar-refractivity contribution < 1.29 is 9.50 Å². The highest BCUT2D eigenvalue weighted by Crippen LogP contribution is 2.32. The second-order valence-corrected chi connectivity index (χ2v) is 3.43. The number of nitrogens with two attached hydrogens (primary N) is 2. The van der Waals surface area contributed by atoms with Crippen molar-refractivity contribution in [1.82, 2.24) is 0 Å². The molecule has 0 saturated heterocycles. The molecule has 1 rings (SSSR count). The van der Waals surface area contributed by atoms with Gasteiger partial charge < -0.3 is 16.6 Å². The summed E-state index contributed by atoms with van der Waals surface area (Å²) in [7, 11) is 0. The normalized spacial score (nSPS) is 12.9. The highest BCUT2D eigenvalue weighted by molar-refractivity contribution is 9.10. The van der Waals surface area contributed by atoms with Gasteiger partial charge in [-0.25, -0.2) is 4.39 Å². The molecule has 0 amide bonds. The predicted octanol–water partition coefficient (Wildman–Crippen LogP) is 1.25. The summed E-state index contributed by atoms with van der Waals surface area (Å²) in [6, 6.07) is 2.18. The first-order valence-electron chi connectivity index (χ1n) is 3.70. The molecular formula is C8H10BrFN2O. The number of hydrogen-bond acceptors (Lipinski definition) is 3. The lowest BCUT2D eigenvalue weighted by molar-refractivity contribution is 0.451. The Kier molecular flexibility index (Phi) is 3.24. The number of phenolic OH excluding ortho intramolecular Hbond substituents is 1. The van der Waals surface area contributed by atoms with E-state index in [1.807, 2.05) is 0 Å². The molecular weight excluding hydrogens is 239 g/mol. The maximum atomic E-state index is 12.8. The van der Waals surface area contributed by atoms with Crippen molar-refractivity contribution in [1.29, 1.82) is 0 Å². The third kappa shape index (κ3) is 1.99. The van der Waals surface area contributed by atoms with E-state index < -0.39 is 11.9 Å². The summed E-state index contributed by atoms with van der Waals surface area (Å²) >= 11 is 2.91. The van der Waals surface area contributed by atoms with Crippen LogP contribution in [0.5, 0.6) is 5.75 Å². The lowest BCUT2D eigenvalue weighted by Gasteiger charge is -2.12. The lowest BCUT2D eigenvalue weighted by atomic mass is 10.1. The molecule has 1 aromatic carbocycles. The van der Waals surface area contributed by atoms with Crippen LogP contribution in [-0.2, 0) is 0 Å². The Bertz CT molecular complexity index is 319. The first-order chi connectivity index (χ1) is 6.07. The SMILES string of the molecule is NC[C@H](N)c1ccc(F)c(Br)c1O. The van der Waals surface area contributed by atoms with Crippen LogP contribution in [0.3, 0.4) is 0 Å². The average Bonchev–Trinajstić information content (AvgIpc) is 2.13. The van der Waals surface area contributed by atoms with E-state index in [-0.39, 0.29) is 16.8 Å². The van der Waals surface area contributed by atoms with E-state index in [9.17, 15) is 9.50 Å². The first-order valence-corrected chi connectivity index (χ1v) is 4.49. The van der Waals surface area contributed by atoms with Crippen LogP contribution in [0.2, 0.25) is 0 Å². The van der Waals surface area contributed by atoms with E-state index >= 15 is 0 Å². The van der Waals surface area contributed by atoms with Crippen molar-refractivity contribution in [3.63, 3.8) is 0 Å².